The van der Waals surface area contributed by atoms with Crippen LogP contribution in [0.3, 0.4) is 0 Å². The maximum atomic E-state index is 13.4. The second kappa shape index (κ2) is 8.52. The van der Waals surface area contributed by atoms with Crippen LogP contribution in [-0.4, -0.2) is 9.78 Å². The van der Waals surface area contributed by atoms with Gasteiger partial charge in [-0.3, -0.25) is 4.68 Å². The maximum absolute atomic E-state index is 13.4. The molecule has 0 aliphatic rings. The van der Waals surface area contributed by atoms with Crippen LogP contribution in [0.25, 0.3) is 11.3 Å². The molecule has 0 amide bonds. The van der Waals surface area contributed by atoms with Crippen LogP contribution in [0.15, 0.2) is 36.4 Å². The molecule has 0 fully saturated rings. The SMILES string of the molecule is C=C(C)Cn1nc(-c2ccc(F)c(C)c2)cc1CCC.CC. The molecular formula is C19H27FN2. The third-order valence-electron chi connectivity index (χ3n) is 3.24. The molecule has 0 atom stereocenters. The Kier molecular flexibility index (Phi) is 7.03. The topological polar surface area (TPSA) is 17.8 Å². The molecule has 120 valence electrons. The zero-order chi connectivity index (χ0) is 16.7. The molecule has 0 aliphatic carbocycles. The van der Waals surface area contributed by atoms with Crippen LogP contribution in [0.1, 0.15) is 45.4 Å². The molecular weight excluding hydrogens is 275 g/mol. The van der Waals surface area contributed by atoms with Gasteiger partial charge in [0, 0.05) is 11.3 Å². The molecule has 0 N–H and O–H groups in total. The fourth-order valence-electron chi connectivity index (χ4n) is 2.25. The van der Waals surface area contributed by atoms with Gasteiger partial charge >= 0.3 is 0 Å². The molecule has 0 saturated carbocycles. The van der Waals surface area contributed by atoms with E-state index in [0.717, 1.165) is 36.2 Å². The Morgan fingerprint density at radius 3 is 2.50 bits per heavy atom. The number of hydrogen-bond acceptors (Lipinski definition) is 1. The lowest BCUT2D eigenvalue weighted by molar-refractivity contribution is 0.618. The number of halogens is 1. The first kappa shape index (κ1) is 18.1. The van der Waals surface area contributed by atoms with E-state index in [1.807, 2.05) is 31.5 Å². The van der Waals surface area contributed by atoms with E-state index < -0.39 is 0 Å². The molecule has 0 bridgehead atoms. The Balaban J connectivity index is 0.00000116. The van der Waals surface area contributed by atoms with E-state index >= 15 is 0 Å². The summed E-state index contributed by atoms with van der Waals surface area (Å²) in [4.78, 5) is 0. The van der Waals surface area contributed by atoms with Crippen molar-refractivity contribution >= 4 is 0 Å². The lowest BCUT2D eigenvalue weighted by Crippen LogP contribution is -2.05. The van der Waals surface area contributed by atoms with Crippen LogP contribution in [0.2, 0.25) is 0 Å². The van der Waals surface area contributed by atoms with Crippen LogP contribution in [0.4, 0.5) is 4.39 Å². The molecule has 0 spiro atoms. The van der Waals surface area contributed by atoms with Gasteiger partial charge in [-0.1, -0.05) is 39.3 Å². The van der Waals surface area contributed by atoms with Crippen LogP contribution in [-0.2, 0) is 13.0 Å². The smallest absolute Gasteiger partial charge is 0.126 e. The van der Waals surface area contributed by atoms with Gasteiger partial charge in [0.25, 0.3) is 0 Å². The van der Waals surface area contributed by atoms with Gasteiger partial charge in [-0.05, 0) is 50.1 Å². The summed E-state index contributed by atoms with van der Waals surface area (Å²) < 4.78 is 15.4. The Hall–Kier alpha value is -1.90. The average Bonchev–Trinajstić information content (AvgIpc) is 2.87. The Morgan fingerprint density at radius 2 is 1.95 bits per heavy atom. The van der Waals surface area contributed by atoms with Crippen molar-refractivity contribution in [2.75, 3.05) is 0 Å². The third-order valence-corrected chi connectivity index (χ3v) is 3.24. The van der Waals surface area contributed by atoms with Crippen LogP contribution >= 0.6 is 0 Å². The quantitative estimate of drug-likeness (QED) is 0.662. The molecule has 3 heteroatoms. The second-order valence-electron chi connectivity index (χ2n) is 5.35. The average molecular weight is 302 g/mol. The summed E-state index contributed by atoms with van der Waals surface area (Å²) in [6, 6.07) is 7.23. The summed E-state index contributed by atoms with van der Waals surface area (Å²) >= 11 is 0. The molecule has 0 unspecified atom stereocenters. The summed E-state index contributed by atoms with van der Waals surface area (Å²) in [5.74, 6) is -0.177. The van der Waals surface area contributed by atoms with Gasteiger partial charge < -0.3 is 0 Å². The van der Waals surface area contributed by atoms with Crippen molar-refractivity contribution < 1.29 is 4.39 Å². The highest BCUT2D eigenvalue weighted by Crippen LogP contribution is 2.22. The highest BCUT2D eigenvalue weighted by molar-refractivity contribution is 5.60. The van der Waals surface area contributed by atoms with E-state index in [2.05, 4.69) is 24.7 Å². The number of aromatic nitrogens is 2. The molecule has 1 aromatic heterocycles. The summed E-state index contributed by atoms with van der Waals surface area (Å²) in [6.07, 6.45) is 2.06. The van der Waals surface area contributed by atoms with Gasteiger partial charge in [0.05, 0.1) is 12.2 Å². The van der Waals surface area contributed by atoms with Crippen molar-refractivity contribution in [2.24, 2.45) is 0 Å². The van der Waals surface area contributed by atoms with E-state index in [9.17, 15) is 4.39 Å². The van der Waals surface area contributed by atoms with Gasteiger partial charge in [-0.25, -0.2) is 4.39 Å². The Labute approximate surface area is 133 Å². The van der Waals surface area contributed by atoms with Crippen molar-refractivity contribution in [3.05, 3.63) is 53.5 Å². The largest absolute Gasteiger partial charge is 0.265 e. The molecule has 2 nitrogen and oxygen atoms in total. The van der Waals surface area contributed by atoms with Gasteiger partial charge in [0.1, 0.15) is 5.82 Å². The van der Waals surface area contributed by atoms with Crippen molar-refractivity contribution in [2.45, 2.75) is 54.0 Å². The minimum Gasteiger partial charge on any atom is -0.265 e. The summed E-state index contributed by atoms with van der Waals surface area (Å²) in [7, 11) is 0. The molecule has 1 heterocycles. The number of rotatable bonds is 5. The summed E-state index contributed by atoms with van der Waals surface area (Å²) in [6.45, 7) is 14.6. The first-order chi connectivity index (χ1) is 10.5. The number of aryl methyl sites for hydroxylation is 2. The molecule has 1 aromatic carbocycles. The van der Waals surface area contributed by atoms with E-state index in [4.69, 9.17) is 0 Å². The highest BCUT2D eigenvalue weighted by Gasteiger charge is 2.10. The lowest BCUT2D eigenvalue weighted by atomic mass is 10.1. The fraction of sp³-hybridized carbons (Fsp3) is 0.421. The third kappa shape index (κ3) is 4.55. The van der Waals surface area contributed by atoms with Crippen LogP contribution in [0.5, 0.6) is 0 Å². The van der Waals surface area contributed by atoms with E-state index in [-0.39, 0.29) is 5.82 Å². The number of benzene rings is 1. The fourth-order valence-corrected chi connectivity index (χ4v) is 2.25. The van der Waals surface area contributed by atoms with Crippen molar-refractivity contribution in [1.82, 2.24) is 9.78 Å². The first-order valence-corrected chi connectivity index (χ1v) is 7.99. The highest BCUT2D eigenvalue weighted by atomic mass is 19.1. The number of nitrogens with zero attached hydrogens (tertiary/aromatic N) is 2. The molecule has 0 radical (unpaired) electrons. The van der Waals surface area contributed by atoms with Gasteiger partial charge in [-0.2, -0.15) is 5.10 Å². The predicted molar refractivity (Wildman–Crippen MR) is 92.5 cm³/mol. The van der Waals surface area contributed by atoms with Crippen molar-refractivity contribution in [3.8, 4) is 11.3 Å². The van der Waals surface area contributed by atoms with Gasteiger partial charge in [0.2, 0.25) is 0 Å². The van der Waals surface area contributed by atoms with E-state index in [1.165, 1.54) is 11.8 Å². The summed E-state index contributed by atoms with van der Waals surface area (Å²) in [5, 5.41) is 4.64. The molecule has 22 heavy (non-hydrogen) atoms. The molecule has 0 aliphatic heterocycles. The van der Waals surface area contributed by atoms with Gasteiger partial charge in [0.15, 0.2) is 0 Å². The standard InChI is InChI=1S/C17H21FN2.C2H6/c1-5-6-15-10-17(19-20(15)11-12(2)3)14-7-8-16(18)13(4)9-14;1-2/h7-10H,2,5-6,11H2,1,3-4H3;1-2H3. The van der Waals surface area contributed by atoms with Gasteiger partial charge in [-0.15, -0.1) is 0 Å². The minimum absolute atomic E-state index is 0.177. The van der Waals surface area contributed by atoms with Crippen LogP contribution in [0, 0.1) is 12.7 Å². The van der Waals surface area contributed by atoms with E-state index in [0.29, 0.717) is 5.56 Å². The number of hydrogen-bond donors (Lipinski definition) is 0. The molecule has 0 saturated heterocycles. The monoisotopic (exact) mass is 302 g/mol. The molecule has 2 aromatic rings. The maximum Gasteiger partial charge on any atom is 0.126 e. The zero-order valence-corrected chi connectivity index (χ0v) is 14.4. The second-order valence-corrected chi connectivity index (χ2v) is 5.35. The Morgan fingerprint density at radius 1 is 1.27 bits per heavy atom. The van der Waals surface area contributed by atoms with E-state index in [1.54, 1.807) is 13.0 Å². The lowest BCUT2D eigenvalue weighted by Gasteiger charge is -2.05. The number of allylic oxidation sites excluding steroid dienone is 1. The first-order valence-electron chi connectivity index (χ1n) is 7.99. The molecule has 2 rings (SSSR count). The minimum atomic E-state index is -0.177. The summed E-state index contributed by atoms with van der Waals surface area (Å²) in [5.41, 5.74) is 4.79. The predicted octanol–water partition coefficient (Wildman–Crippen LogP) is 5.55. The van der Waals surface area contributed by atoms with Crippen molar-refractivity contribution in [1.29, 1.82) is 0 Å². The normalized spacial score (nSPS) is 10.1. The van der Waals surface area contributed by atoms with Crippen molar-refractivity contribution in [3.63, 3.8) is 0 Å². The van der Waals surface area contributed by atoms with Crippen LogP contribution < -0.4 is 0 Å². The Bertz CT molecular complexity index is 626. The zero-order valence-electron chi connectivity index (χ0n) is 14.4.